The molecule has 0 fully saturated rings. The molecule has 34 heavy (non-hydrogen) atoms. The first-order valence-electron chi connectivity index (χ1n) is 11.6. The van der Waals surface area contributed by atoms with Crippen LogP contribution in [0.1, 0.15) is 22.5 Å². The molecule has 0 amide bonds. The van der Waals surface area contributed by atoms with Crippen LogP contribution in [0.4, 0.5) is 0 Å². The average molecular weight is 443 g/mol. The fourth-order valence-corrected chi connectivity index (χ4v) is 5.30. The van der Waals surface area contributed by atoms with E-state index in [0.717, 1.165) is 28.6 Å². The summed E-state index contributed by atoms with van der Waals surface area (Å²) in [6.07, 6.45) is 0. The minimum absolute atomic E-state index is 0.862. The third-order valence-electron chi connectivity index (χ3n) is 6.65. The second-order valence-corrected chi connectivity index (χ2v) is 9.07. The molecule has 0 aliphatic heterocycles. The number of hydrogen-bond donors (Lipinski definition) is 0. The summed E-state index contributed by atoms with van der Waals surface area (Å²) in [7, 11) is 0. The summed E-state index contributed by atoms with van der Waals surface area (Å²) >= 11 is 0. The van der Waals surface area contributed by atoms with Gasteiger partial charge in [-0.05, 0) is 75.2 Å². The first-order chi connectivity index (χ1) is 16.5. The lowest BCUT2D eigenvalue weighted by Crippen LogP contribution is -2.05. The highest BCUT2D eigenvalue weighted by atomic mass is 15.3. The van der Waals surface area contributed by atoms with Crippen LogP contribution in [0.2, 0.25) is 0 Å². The van der Waals surface area contributed by atoms with E-state index < -0.39 is 0 Å². The fourth-order valence-electron chi connectivity index (χ4n) is 5.30. The van der Waals surface area contributed by atoms with E-state index in [-0.39, 0.29) is 0 Å². The summed E-state index contributed by atoms with van der Waals surface area (Å²) in [6.45, 7) is 8.46. The minimum atomic E-state index is 0.862. The maximum Gasteiger partial charge on any atom is 0.168 e. The summed E-state index contributed by atoms with van der Waals surface area (Å²) < 4.78 is 4.51. The molecular formula is C30H26N4. The van der Waals surface area contributed by atoms with E-state index in [2.05, 4.69) is 125 Å². The zero-order valence-electron chi connectivity index (χ0n) is 19.9. The van der Waals surface area contributed by atoms with E-state index in [4.69, 9.17) is 0 Å². The van der Waals surface area contributed by atoms with Crippen LogP contribution in [0, 0.1) is 27.7 Å². The van der Waals surface area contributed by atoms with Crippen molar-refractivity contribution in [1.82, 2.24) is 19.3 Å². The van der Waals surface area contributed by atoms with Gasteiger partial charge in [-0.25, -0.2) is 0 Å². The van der Waals surface area contributed by atoms with Gasteiger partial charge in [-0.15, -0.1) is 10.2 Å². The predicted octanol–water partition coefficient (Wildman–Crippen LogP) is 7.27. The molecule has 0 aliphatic rings. The van der Waals surface area contributed by atoms with E-state index in [1.54, 1.807) is 0 Å². The van der Waals surface area contributed by atoms with Crippen LogP contribution in [0.5, 0.6) is 0 Å². The molecular weight excluding hydrogens is 416 g/mol. The minimum Gasteiger partial charge on any atom is -0.309 e. The van der Waals surface area contributed by atoms with Gasteiger partial charge in [0.2, 0.25) is 0 Å². The van der Waals surface area contributed by atoms with Crippen molar-refractivity contribution < 1.29 is 0 Å². The monoisotopic (exact) mass is 442 g/mol. The Morgan fingerprint density at radius 3 is 1.74 bits per heavy atom. The largest absolute Gasteiger partial charge is 0.309 e. The van der Waals surface area contributed by atoms with Gasteiger partial charge in [0, 0.05) is 22.0 Å². The molecule has 0 spiro atoms. The molecule has 2 aromatic heterocycles. The number of aryl methyl sites for hydroxylation is 4. The van der Waals surface area contributed by atoms with Gasteiger partial charge < -0.3 is 4.57 Å². The number of nitrogens with zero attached hydrogens (tertiary/aromatic N) is 4. The maximum absolute atomic E-state index is 4.57. The van der Waals surface area contributed by atoms with E-state index in [0.29, 0.717) is 0 Å². The number of fused-ring (bicyclic) bond motifs is 3. The van der Waals surface area contributed by atoms with Crippen molar-refractivity contribution in [2.75, 3.05) is 0 Å². The summed E-state index contributed by atoms with van der Waals surface area (Å²) in [6, 6.07) is 30.3. The van der Waals surface area contributed by atoms with Crippen LogP contribution in [0.15, 0.2) is 84.9 Å². The molecule has 2 heterocycles. The Balaban J connectivity index is 1.50. The SMILES string of the molecule is Cc1cc(C)c(-n2c(C)nnc2-c2ccc(-n3c4ccccc4c4ccccc43)cc2)c(C)c1. The smallest absolute Gasteiger partial charge is 0.168 e. The van der Waals surface area contributed by atoms with Gasteiger partial charge in [-0.2, -0.15) is 0 Å². The number of para-hydroxylation sites is 2. The van der Waals surface area contributed by atoms with Gasteiger partial charge in [-0.3, -0.25) is 4.57 Å². The second kappa shape index (κ2) is 7.70. The van der Waals surface area contributed by atoms with Gasteiger partial charge in [0.1, 0.15) is 5.82 Å². The van der Waals surface area contributed by atoms with Crippen molar-refractivity contribution in [3.8, 4) is 22.8 Å². The molecule has 0 aliphatic carbocycles. The molecule has 0 saturated heterocycles. The van der Waals surface area contributed by atoms with Crippen molar-refractivity contribution in [2.45, 2.75) is 27.7 Å². The van der Waals surface area contributed by atoms with Crippen LogP contribution in [-0.4, -0.2) is 19.3 Å². The molecule has 4 aromatic carbocycles. The normalized spacial score (nSPS) is 11.5. The molecule has 166 valence electrons. The Bertz CT molecular complexity index is 1610. The molecule has 0 saturated carbocycles. The van der Waals surface area contributed by atoms with Crippen LogP contribution in [0.3, 0.4) is 0 Å². The Morgan fingerprint density at radius 2 is 1.15 bits per heavy atom. The quantitative estimate of drug-likeness (QED) is 0.289. The summed E-state index contributed by atoms with van der Waals surface area (Å²) in [5.41, 5.74) is 9.47. The fraction of sp³-hybridized carbons (Fsp3) is 0.133. The predicted molar refractivity (Wildman–Crippen MR) is 140 cm³/mol. The van der Waals surface area contributed by atoms with Crippen molar-refractivity contribution in [2.24, 2.45) is 0 Å². The molecule has 0 radical (unpaired) electrons. The molecule has 4 heteroatoms. The molecule has 0 bridgehead atoms. The standard InChI is InChI=1S/C30H26N4/c1-19-17-20(2)29(21(3)18-19)33-22(4)31-32-30(33)23-13-15-24(16-14-23)34-27-11-7-5-9-25(27)26-10-6-8-12-28(26)34/h5-18H,1-4H3. The van der Waals surface area contributed by atoms with E-state index in [1.807, 2.05) is 6.92 Å². The number of benzene rings is 4. The van der Waals surface area contributed by atoms with Gasteiger partial charge in [0.05, 0.1) is 16.7 Å². The summed E-state index contributed by atoms with van der Waals surface area (Å²) in [5, 5.41) is 11.5. The van der Waals surface area contributed by atoms with Crippen LogP contribution in [0.25, 0.3) is 44.6 Å². The summed E-state index contributed by atoms with van der Waals surface area (Å²) in [4.78, 5) is 0. The molecule has 6 aromatic rings. The highest BCUT2D eigenvalue weighted by molar-refractivity contribution is 6.09. The van der Waals surface area contributed by atoms with Crippen molar-refractivity contribution in [1.29, 1.82) is 0 Å². The van der Waals surface area contributed by atoms with Crippen molar-refractivity contribution >= 4 is 21.8 Å². The molecule has 6 rings (SSSR count). The van der Waals surface area contributed by atoms with Crippen LogP contribution in [-0.2, 0) is 0 Å². The van der Waals surface area contributed by atoms with Gasteiger partial charge in [0.25, 0.3) is 0 Å². The lowest BCUT2D eigenvalue weighted by atomic mass is 10.0. The van der Waals surface area contributed by atoms with Gasteiger partial charge in [-0.1, -0.05) is 54.1 Å². The van der Waals surface area contributed by atoms with Gasteiger partial charge in [0.15, 0.2) is 5.82 Å². The third-order valence-corrected chi connectivity index (χ3v) is 6.65. The van der Waals surface area contributed by atoms with E-state index in [1.165, 1.54) is 38.5 Å². The number of rotatable bonds is 3. The Hall–Kier alpha value is -4.18. The van der Waals surface area contributed by atoms with E-state index in [9.17, 15) is 0 Å². The highest BCUT2D eigenvalue weighted by Crippen LogP contribution is 2.33. The first-order valence-corrected chi connectivity index (χ1v) is 11.6. The Labute approximate surface area is 199 Å². The van der Waals surface area contributed by atoms with Crippen molar-refractivity contribution in [3.63, 3.8) is 0 Å². The molecule has 0 atom stereocenters. The third kappa shape index (κ3) is 3.06. The average Bonchev–Trinajstić information content (AvgIpc) is 3.37. The van der Waals surface area contributed by atoms with Crippen LogP contribution >= 0.6 is 0 Å². The van der Waals surface area contributed by atoms with Crippen LogP contribution < -0.4 is 0 Å². The van der Waals surface area contributed by atoms with E-state index >= 15 is 0 Å². The lowest BCUT2D eigenvalue weighted by Gasteiger charge is -2.16. The van der Waals surface area contributed by atoms with Gasteiger partial charge >= 0.3 is 0 Å². The first kappa shape index (κ1) is 20.4. The topological polar surface area (TPSA) is 35.6 Å². The lowest BCUT2D eigenvalue weighted by molar-refractivity contribution is 0.953. The maximum atomic E-state index is 4.57. The Morgan fingerprint density at radius 1 is 0.588 bits per heavy atom. The molecule has 0 unspecified atom stereocenters. The zero-order valence-corrected chi connectivity index (χ0v) is 19.9. The Kier molecular flexibility index (Phi) is 4.63. The number of hydrogen-bond acceptors (Lipinski definition) is 2. The van der Waals surface area contributed by atoms with Crippen molar-refractivity contribution in [3.05, 3.63) is 107 Å². The zero-order chi connectivity index (χ0) is 23.4. The molecule has 0 N–H and O–H groups in total. The number of aromatic nitrogens is 4. The molecule has 4 nitrogen and oxygen atoms in total. The highest BCUT2D eigenvalue weighted by Gasteiger charge is 2.17. The summed E-state index contributed by atoms with van der Waals surface area (Å²) in [5.74, 6) is 1.75. The second-order valence-electron chi connectivity index (χ2n) is 9.07.